The molecule has 1 N–H and O–H groups in total. The summed E-state index contributed by atoms with van der Waals surface area (Å²) in [6, 6.07) is 33.8. The van der Waals surface area contributed by atoms with E-state index in [1.54, 1.807) is 36.4 Å². The Bertz CT molecular complexity index is 1320. The first kappa shape index (κ1) is 23.1. The van der Waals surface area contributed by atoms with E-state index in [0.29, 0.717) is 11.7 Å². The Balaban J connectivity index is 1.50. The van der Waals surface area contributed by atoms with Crippen LogP contribution in [0.15, 0.2) is 120 Å². The first-order chi connectivity index (χ1) is 17.7. The van der Waals surface area contributed by atoms with Gasteiger partial charge < -0.3 is 14.9 Å². The molecule has 0 aliphatic carbocycles. The van der Waals surface area contributed by atoms with Crippen LogP contribution in [-0.4, -0.2) is 17.2 Å². The van der Waals surface area contributed by atoms with E-state index in [9.17, 15) is 9.18 Å². The lowest BCUT2D eigenvalue weighted by Crippen LogP contribution is -2.35. The van der Waals surface area contributed by atoms with Crippen LogP contribution < -0.4 is 10.1 Å². The second-order valence-corrected chi connectivity index (χ2v) is 8.24. The zero-order chi connectivity index (χ0) is 24.7. The number of benzene rings is 4. The zero-order valence-electron chi connectivity index (χ0n) is 19.3. The summed E-state index contributed by atoms with van der Waals surface area (Å²) in [6.45, 7) is 0.263. The van der Waals surface area contributed by atoms with Gasteiger partial charge in [0.05, 0.1) is 12.6 Å². The first-order valence-electron chi connectivity index (χ1n) is 11.6. The van der Waals surface area contributed by atoms with E-state index in [1.165, 1.54) is 17.2 Å². The molecule has 2 atom stereocenters. The first-order valence-corrected chi connectivity index (χ1v) is 11.6. The Morgan fingerprint density at radius 3 is 2.03 bits per heavy atom. The third-order valence-electron chi connectivity index (χ3n) is 5.80. The summed E-state index contributed by atoms with van der Waals surface area (Å²) in [5.74, 6) is 0.426. The molecule has 1 heterocycles. The van der Waals surface area contributed by atoms with Crippen molar-refractivity contribution < 1.29 is 18.8 Å². The van der Waals surface area contributed by atoms with Gasteiger partial charge in [0.1, 0.15) is 17.6 Å². The van der Waals surface area contributed by atoms with Crippen molar-refractivity contribution in [3.8, 4) is 5.75 Å². The highest BCUT2D eigenvalue weighted by Gasteiger charge is 2.43. The second kappa shape index (κ2) is 10.7. The van der Waals surface area contributed by atoms with Crippen molar-refractivity contribution in [1.29, 1.82) is 0 Å². The molecule has 4 aromatic rings. The minimum absolute atomic E-state index is 0.259. The number of hydrogen-bond acceptors (Lipinski definition) is 4. The summed E-state index contributed by atoms with van der Waals surface area (Å²) >= 11 is 0. The normalized spacial score (nSPS) is 18.0. The lowest BCUT2D eigenvalue weighted by atomic mass is 9.95. The molecule has 6 nitrogen and oxygen atoms in total. The van der Waals surface area contributed by atoms with Gasteiger partial charge in [-0.05, 0) is 41.0 Å². The molecule has 0 saturated carbocycles. The van der Waals surface area contributed by atoms with E-state index in [2.05, 4.69) is 5.32 Å². The van der Waals surface area contributed by atoms with Gasteiger partial charge >= 0.3 is 6.16 Å². The highest BCUT2D eigenvalue weighted by molar-refractivity contribution is 5.84. The third kappa shape index (κ3) is 5.36. The van der Waals surface area contributed by atoms with E-state index >= 15 is 0 Å². The van der Waals surface area contributed by atoms with Crippen LogP contribution in [0.1, 0.15) is 28.8 Å². The Morgan fingerprint density at radius 1 is 0.806 bits per heavy atom. The van der Waals surface area contributed by atoms with Gasteiger partial charge in [0.15, 0.2) is 0 Å². The SMILES string of the molecule is O=C(Oc1ccccc1)ON1C(=NCc2ccc(F)cc2)N[C@H](c2ccccc2)[C@@H]1c1ccccc1. The summed E-state index contributed by atoms with van der Waals surface area (Å²) in [5, 5.41) is 4.89. The Labute approximate surface area is 208 Å². The Morgan fingerprint density at radius 2 is 1.39 bits per heavy atom. The summed E-state index contributed by atoms with van der Waals surface area (Å²) in [4.78, 5) is 23.3. The van der Waals surface area contributed by atoms with Crippen LogP contribution in [0.2, 0.25) is 0 Å². The highest BCUT2D eigenvalue weighted by Crippen LogP contribution is 2.39. The van der Waals surface area contributed by atoms with Crippen molar-refractivity contribution >= 4 is 12.1 Å². The number of guanidine groups is 1. The fraction of sp³-hybridized carbons (Fsp3) is 0.103. The zero-order valence-corrected chi connectivity index (χ0v) is 19.3. The van der Waals surface area contributed by atoms with Gasteiger partial charge in [-0.25, -0.2) is 14.2 Å². The lowest BCUT2D eigenvalue weighted by Gasteiger charge is -2.26. The molecule has 4 aromatic carbocycles. The molecular weight excluding hydrogens is 457 g/mol. The van der Waals surface area contributed by atoms with Crippen LogP contribution in [0.25, 0.3) is 0 Å². The van der Waals surface area contributed by atoms with Crippen molar-refractivity contribution in [2.24, 2.45) is 4.99 Å². The lowest BCUT2D eigenvalue weighted by molar-refractivity contribution is -0.0819. The summed E-state index contributed by atoms with van der Waals surface area (Å²) in [7, 11) is 0. The van der Waals surface area contributed by atoms with Crippen LogP contribution in [-0.2, 0) is 11.4 Å². The van der Waals surface area contributed by atoms with Crippen LogP contribution in [0.3, 0.4) is 0 Å². The van der Waals surface area contributed by atoms with Crippen molar-refractivity contribution in [1.82, 2.24) is 10.4 Å². The number of ether oxygens (including phenoxy) is 1. The van der Waals surface area contributed by atoms with Crippen LogP contribution in [0.5, 0.6) is 5.75 Å². The monoisotopic (exact) mass is 481 g/mol. The Kier molecular flexibility index (Phi) is 6.89. The molecule has 1 aliphatic heterocycles. The average molecular weight is 482 g/mol. The number of hydrogen-bond donors (Lipinski definition) is 1. The standard InChI is InChI=1S/C29H24FN3O3/c30-24-18-16-21(17-19-24)20-31-28-32-26(22-10-4-1-5-11-22)27(23-12-6-2-7-13-23)33(28)36-29(34)35-25-14-8-3-9-15-25/h1-19,26-27H,20H2,(H,31,32)/t26-,27+/m1/s1. The van der Waals surface area contributed by atoms with E-state index in [0.717, 1.165) is 16.7 Å². The fourth-order valence-electron chi connectivity index (χ4n) is 4.11. The quantitative estimate of drug-likeness (QED) is 0.262. The number of hydroxylamine groups is 2. The highest BCUT2D eigenvalue weighted by atomic mass is 19.1. The fourth-order valence-corrected chi connectivity index (χ4v) is 4.11. The third-order valence-corrected chi connectivity index (χ3v) is 5.80. The van der Waals surface area contributed by atoms with Gasteiger partial charge in [-0.15, -0.1) is 0 Å². The minimum atomic E-state index is -0.882. The van der Waals surface area contributed by atoms with Gasteiger partial charge in [0.2, 0.25) is 5.96 Å². The Hall–Kier alpha value is -4.65. The maximum absolute atomic E-state index is 13.4. The molecular formula is C29H24FN3O3. The molecule has 1 saturated heterocycles. The number of halogens is 1. The number of aliphatic imine (C=N–C) groups is 1. The van der Waals surface area contributed by atoms with Crippen molar-refractivity contribution in [2.45, 2.75) is 18.6 Å². The number of carbonyl (C=O) groups is 1. The van der Waals surface area contributed by atoms with Gasteiger partial charge in [-0.1, -0.05) is 91.0 Å². The van der Waals surface area contributed by atoms with Crippen molar-refractivity contribution in [2.75, 3.05) is 0 Å². The summed E-state index contributed by atoms with van der Waals surface area (Å²) in [5.41, 5.74) is 2.75. The van der Waals surface area contributed by atoms with Crippen LogP contribution in [0, 0.1) is 5.82 Å². The molecule has 0 aromatic heterocycles. The molecule has 0 amide bonds. The van der Waals surface area contributed by atoms with E-state index in [1.807, 2.05) is 66.7 Å². The van der Waals surface area contributed by atoms with Crippen molar-refractivity contribution in [3.05, 3.63) is 138 Å². The molecule has 1 aliphatic rings. The molecule has 5 rings (SSSR count). The molecule has 0 spiro atoms. The number of para-hydroxylation sites is 1. The summed E-state index contributed by atoms with van der Waals surface area (Å²) in [6.07, 6.45) is -0.882. The number of carbonyl (C=O) groups excluding carboxylic acids is 1. The summed E-state index contributed by atoms with van der Waals surface area (Å²) < 4.78 is 18.8. The van der Waals surface area contributed by atoms with Gasteiger partial charge in [-0.3, -0.25) is 0 Å². The second-order valence-electron chi connectivity index (χ2n) is 8.24. The predicted molar refractivity (Wildman–Crippen MR) is 134 cm³/mol. The molecule has 7 heteroatoms. The molecule has 1 fully saturated rings. The number of nitrogens with one attached hydrogen (secondary N) is 1. The largest absolute Gasteiger partial charge is 0.539 e. The van der Waals surface area contributed by atoms with E-state index in [4.69, 9.17) is 14.6 Å². The molecule has 36 heavy (non-hydrogen) atoms. The van der Waals surface area contributed by atoms with Crippen LogP contribution >= 0.6 is 0 Å². The molecule has 180 valence electrons. The van der Waals surface area contributed by atoms with E-state index < -0.39 is 12.2 Å². The van der Waals surface area contributed by atoms with Crippen LogP contribution in [0.4, 0.5) is 9.18 Å². The number of rotatable bonds is 6. The molecule has 0 unspecified atom stereocenters. The predicted octanol–water partition coefficient (Wildman–Crippen LogP) is 6.20. The maximum Gasteiger partial charge on any atom is 0.539 e. The topological polar surface area (TPSA) is 63.2 Å². The van der Waals surface area contributed by atoms with E-state index in [-0.39, 0.29) is 18.4 Å². The van der Waals surface area contributed by atoms with Gasteiger partial charge in [0.25, 0.3) is 0 Å². The smallest absolute Gasteiger partial charge is 0.393 e. The minimum Gasteiger partial charge on any atom is -0.393 e. The van der Waals surface area contributed by atoms with Gasteiger partial charge in [-0.2, -0.15) is 5.06 Å². The van der Waals surface area contributed by atoms with Gasteiger partial charge in [0, 0.05) is 0 Å². The molecule has 0 bridgehead atoms. The number of nitrogens with zero attached hydrogens (tertiary/aromatic N) is 2. The molecule has 0 radical (unpaired) electrons. The maximum atomic E-state index is 13.4. The van der Waals surface area contributed by atoms with Crippen molar-refractivity contribution in [3.63, 3.8) is 0 Å². The average Bonchev–Trinajstić information content (AvgIpc) is 3.27.